The maximum atomic E-state index is 13.3. The van der Waals surface area contributed by atoms with Crippen LogP contribution in [0.2, 0.25) is 0 Å². The average Bonchev–Trinajstić information content (AvgIpc) is 2.72. The van der Waals surface area contributed by atoms with Crippen LogP contribution >= 0.6 is 15.9 Å². The molecular weight excluding hydrogens is 301 g/mol. The molecule has 18 heavy (non-hydrogen) atoms. The van der Waals surface area contributed by atoms with Gasteiger partial charge in [0.25, 0.3) is 0 Å². The number of halogens is 2. The summed E-state index contributed by atoms with van der Waals surface area (Å²) in [6.07, 6.45) is 0. The van der Waals surface area contributed by atoms with Gasteiger partial charge in [0, 0.05) is 12.1 Å². The highest BCUT2D eigenvalue weighted by atomic mass is 79.9. The molecule has 2 rings (SSSR count). The molecule has 0 atom stereocenters. The van der Waals surface area contributed by atoms with Crippen molar-refractivity contribution in [3.63, 3.8) is 0 Å². The van der Waals surface area contributed by atoms with Crippen LogP contribution in [0.4, 0.5) is 4.39 Å². The Labute approximate surface area is 113 Å². The molecule has 6 heteroatoms. The summed E-state index contributed by atoms with van der Waals surface area (Å²) >= 11 is 3.47. The van der Waals surface area contributed by atoms with Gasteiger partial charge in [0.05, 0.1) is 17.3 Å². The van der Waals surface area contributed by atoms with Crippen molar-refractivity contribution in [2.45, 2.75) is 6.54 Å². The van der Waals surface area contributed by atoms with E-state index in [1.54, 1.807) is 13.2 Å². The van der Waals surface area contributed by atoms with Crippen LogP contribution in [0, 0.1) is 5.82 Å². The van der Waals surface area contributed by atoms with Crippen molar-refractivity contribution in [1.82, 2.24) is 15.5 Å². The smallest absolute Gasteiger partial charge is 0.128 e. The van der Waals surface area contributed by atoms with Crippen LogP contribution in [0.1, 0.15) is 5.69 Å². The van der Waals surface area contributed by atoms with Crippen molar-refractivity contribution >= 4 is 15.9 Å². The Morgan fingerprint density at radius 2 is 2.28 bits per heavy atom. The fourth-order valence-electron chi connectivity index (χ4n) is 1.70. The van der Waals surface area contributed by atoms with E-state index < -0.39 is 0 Å². The van der Waals surface area contributed by atoms with E-state index in [9.17, 15) is 4.39 Å². The third kappa shape index (κ3) is 2.39. The predicted molar refractivity (Wildman–Crippen MR) is 71.0 cm³/mol. The van der Waals surface area contributed by atoms with Crippen molar-refractivity contribution in [3.05, 3.63) is 34.2 Å². The van der Waals surface area contributed by atoms with Crippen LogP contribution in [-0.2, 0) is 6.54 Å². The van der Waals surface area contributed by atoms with E-state index in [4.69, 9.17) is 4.74 Å². The van der Waals surface area contributed by atoms with Gasteiger partial charge in [-0.2, -0.15) is 5.10 Å². The molecule has 0 saturated carbocycles. The zero-order valence-corrected chi connectivity index (χ0v) is 11.6. The molecule has 0 bridgehead atoms. The zero-order chi connectivity index (χ0) is 13.1. The lowest BCUT2D eigenvalue weighted by atomic mass is 10.1. The second kappa shape index (κ2) is 5.49. The van der Waals surface area contributed by atoms with E-state index in [-0.39, 0.29) is 5.82 Å². The summed E-state index contributed by atoms with van der Waals surface area (Å²) in [4.78, 5) is 0. The van der Waals surface area contributed by atoms with Crippen molar-refractivity contribution in [2.24, 2.45) is 0 Å². The van der Waals surface area contributed by atoms with Gasteiger partial charge < -0.3 is 10.1 Å². The van der Waals surface area contributed by atoms with E-state index in [2.05, 4.69) is 31.4 Å². The van der Waals surface area contributed by atoms with Crippen molar-refractivity contribution in [2.75, 3.05) is 14.2 Å². The van der Waals surface area contributed by atoms with Gasteiger partial charge in [-0.15, -0.1) is 0 Å². The quantitative estimate of drug-likeness (QED) is 0.912. The lowest BCUT2D eigenvalue weighted by molar-refractivity contribution is 0.415. The maximum Gasteiger partial charge on any atom is 0.128 e. The summed E-state index contributed by atoms with van der Waals surface area (Å²) in [6, 6.07) is 4.35. The number of ether oxygens (including phenoxy) is 1. The van der Waals surface area contributed by atoms with E-state index in [0.29, 0.717) is 23.6 Å². The number of H-pyrrole nitrogens is 1. The molecule has 0 unspecified atom stereocenters. The number of nitrogens with one attached hydrogen (secondary N) is 2. The molecule has 0 aliphatic carbocycles. The van der Waals surface area contributed by atoms with Gasteiger partial charge in [0.2, 0.25) is 0 Å². The number of hydrogen-bond donors (Lipinski definition) is 2. The van der Waals surface area contributed by atoms with Crippen LogP contribution in [0.5, 0.6) is 5.75 Å². The molecule has 1 aromatic carbocycles. The lowest BCUT2D eigenvalue weighted by Gasteiger charge is -2.06. The second-order valence-corrected chi connectivity index (χ2v) is 4.53. The number of nitrogens with zero attached hydrogens (tertiary/aromatic N) is 1. The standard InChI is InChI=1S/C12H13BrFN3O/c1-15-6-9-11(13)12(17-16-9)8-5-7(14)3-4-10(8)18-2/h3-5,15H,6H2,1-2H3,(H,16,17). The fraction of sp³-hybridized carbons (Fsp3) is 0.250. The summed E-state index contributed by atoms with van der Waals surface area (Å²) < 4.78 is 19.4. The van der Waals surface area contributed by atoms with E-state index in [0.717, 1.165) is 10.2 Å². The van der Waals surface area contributed by atoms with Crippen LogP contribution in [0.3, 0.4) is 0 Å². The number of rotatable bonds is 4. The first kappa shape index (κ1) is 13.0. The predicted octanol–water partition coefficient (Wildman–Crippen LogP) is 2.71. The minimum absolute atomic E-state index is 0.323. The van der Waals surface area contributed by atoms with E-state index >= 15 is 0 Å². The van der Waals surface area contributed by atoms with Gasteiger partial charge >= 0.3 is 0 Å². The van der Waals surface area contributed by atoms with Gasteiger partial charge in [-0.25, -0.2) is 4.39 Å². The summed E-state index contributed by atoms with van der Waals surface area (Å²) in [7, 11) is 3.39. The molecular formula is C12H13BrFN3O. The lowest BCUT2D eigenvalue weighted by Crippen LogP contribution is -2.05. The normalized spacial score (nSPS) is 10.7. The van der Waals surface area contributed by atoms with Gasteiger partial charge in [0.1, 0.15) is 17.3 Å². The summed E-state index contributed by atoms with van der Waals surface area (Å²) in [5, 5.41) is 10.1. The Kier molecular flexibility index (Phi) is 3.98. The zero-order valence-electron chi connectivity index (χ0n) is 10.1. The van der Waals surface area contributed by atoms with E-state index in [1.807, 2.05) is 7.05 Å². The van der Waals surface area contributed by atoms with Crippen LogP contribution < -0.4 is 10.1 Å². The maximum absolute atomic E-state index is 13.3. The topological polar surface area (TPSA) is 49.9 Å². The van der Waals surface area contributed by atoms with Crippen LogP contribution in [0.25, 0.3) is 11.3 Å². The first-order valence-corrected chi connectivity index (χ1v) is 6.18. The molecule has 2 N–H and O–H groups in total. The molecule has 1 aromatic heterocycles. The molecule has 4 nitrogen and oxygen atoms in total. The van der Waals surface area contributed by atoms with Crippen molar-refractivity contribution < 1.29 is 9.13 Å². The number of benzene rings is 1. The molecule has 0 amide bonds. The molecule has 0 saturated heterocycles. The summed E-state index contributed by atoms with van der Waals surface area (Å²) in [5.74, 6) is 0.260. The molecule has 2 aromatic rings. The fourth-order valence-corrected chi connectivity index (χ4v) is 2.23. The second-order valence-electron chi connectivity index (χ2n) is 3.74. The third-order valence-corrected chi connectivity index (χ3v) is 3.40. The van der Waals surface area contributed by atoms with Gasteiger partial charge in [0.15, 0.2) is 0 Å². The molecule has 0 fully saturated rings. The highest BCUT2D eigenvalue weighted by Gasteiger charge is 2.16. The van der Waals surface area contributed by atoms with Crippen molar-refractivity contribution in [3.8, 4) is 17.0 Å². The van der Waals surface area contributed by atoms with Gasteiger partial charge in [-0.3, -0.25) is 5.10 Å². The minimum atomic E-state index is -0.323. The Morgan fingerprint density at radius 3 is 2.94 bits per heavy atom. The number of hydrogen-bond acceptors (Lipinski definition) is 3. The molecule has 96 valence electrons. The SMILES string of the molecule is CNCc1[nH]nc(-c2cc(F)ccc2OC)c1Br. The highest BCUT2D eigenvalue weighted by Crippen LogP contribution is 2.35. The Bertz CT molecular complexity index is 556. The molecule has 1 heterocycles. The van der Waals surface area contributed by atoms with E-state index in [1.165, 1.54) is 12.1 Å². The molecule has 0 radical (unpaired) electrons. The first-order chi connectivity index (χ1) is 8.67. The third-order valence-electron chi connectivity index (χ3n) is 2.55. The van der Waals surface area contributed by atoms with Crippen LogP contribution in [0.15, 0.2) is 22.7 Å². The van der Waals surface area contributed by atoms with Crippen LogP contribution in [-0.4, -0.2) is 24.4 Å². The van der Waals surface area contributed by atoms with Gasteiger partial charge in [-0.1, -0.05) is 0 Å². The largest absolute Gasteiger partial charge is 0.496 e. The average molecular weight is 314 g/mol. The summed E-state index contributed by atoms with van der Waals surface area (Å²) in [5.41, 5.74) is 2.15. The summed E-state index contributed by atoms with van der Waals surface area (Å²) in [6.45, 7) is 0.644. The first-order valence-electron chi connectivity index (χ1n) is 5.38. The number of aromatic nitrogens is 2. The number of aromatic amines is 1. The molecule has 0 spiro atoms. The molecule has 0 aliphatic heterocycles. The Morgan fingerprint density at radius 1 is 1.50 bits per heavy atom. The van der Waals surface area contributed by atoms with Crippen molar-refractivity contribution in [1.29, 1.82) is 0 Å². The Balaban J connectivity index is 2.51. The van der Waals surface area contributed by atoms with Gasteiger partial charge in [-0.05, 0) is 41.2 Å². The monoisotopic (exact) mass is 313 g/mol. The molecule has 0 aliphatic rings. The highest BCUT2D eigenvalue weighted by molar-refractivity contribution is 9.10. The Hall–Kier alpha value is -1.40. The minimum Gasteiger partial charge on any atom is -0.496 e. The number of methoxy groups -OCH3 is 1.